The highest BCUT2D eigenvalue weighted by Gasteiger charge is 2.20. The van der Waals surface area contributed by atoms with Gasteiger partial charge in [-0.2, -0.15) is 0 Å². The van der Waals surface area contributed by atoms with Crippen LogP contribution in [0, 0.1) is 17.5 Å². The molecule has 0 radical (unpaired) electrons. The van der Waals surface area contributed by atoms with Crippen molar-refractivity contribution >= 4 is 31.9 Å². The molecular weight excluding hydrogens is 413 g/mol. The molecule has 2 nitrogen and oxygen atoms in total. The third-order valence-electron chi connectivity index (χ3n) is 3.08. The van der Waals surface area contributed by atoms with Crippen molar-refractivity contribution in [2.45, 2.75) is 12.5 Å². The molecule has 2 aromatic rings. The summed E-state index contributed by atoms with van der Waals surface area (Å²) >= 11 is 6.29. The molecule has 0 amide bonds. The van der Waals surface area contributed by atoms with Crippen LogP contribution in [-0.4, -0.2) is 0 Å². The third kappa shape index (κ3) is 3.66. The summed E-state index contributed by atoms with van der Waals surface area (Å²) in [6, 6.07) is 5.87. The Bertz CT molecular complexity index is 665. The first-order valence-corrected chi connectivity index (χ1v) is 7.56. The van der Waals surface area contributed by atoms with Gasteiger partial charge in [0, 0.05) is 10.0 Å². The third-order valence-corrected chi connectivity index (χ3v) is 4.42. The minimum absolute atomic E-state index is 0.0599. The van der Waals surface area contributed by atoms with Crippen LogP contribution in [0.1, 0.15) is 17.2 Å². The van der Waals surface area contributed by atoms with E-state index in [1.807, 2.05) is 0 Å². The van der Waals surface area contributed by atoms with Gasteiger partial charge in [0.25, 0.3) is 0 Å². The average Bonchev–Trinajstić information content (AvgIpc) is 2.46. The van der Waals surface area contributed by atoms with E-state index in [1.165, 1.54) is 24.3 Å². The van der Waals surface area contributed by atoms with Crippen molar-refractivity contribution in [3.05, 3.63) is 67.9 Å². The minimum Gasteiger partial charge on any atom is -0.271 e. The molecular formula is C14H11Br2F3N2. The zero-order valence-electron chi connectivity index (χ0n) is 10.6. The van der Waals surface area contributed by atoms with E-state index in [0.29, 0.717) is 10.0 Å². The number of rotatable bonds is 4. The number of hydrogen-bond donors (Lipinski definition) is 2. The summed E-state index contributed by atoms with van der Waals surface area (Å²) in [5.41, 5.74) is 2.82. The molecule has 0 aliphatic carbocycles. The van der Waals surface area contributed by atoms with Crippen molar-refractivity contribution < 1.29 is 13.2 Å². The van der Waals surface area contributed by atoms with E-state index in [0.717, 1.165) is 6.07 Å². The molecule has 1 unspecified atom stereocenters. The van der Waals surface area contributed by atoms with Gasteiger partial charge in [-0.3, -0.25) is 11.3 Å². The summed E-state index contributed by atoms with van der Waals surface area (Å²) in [5.74, 6) is 3.64. The van der Waals surface area contributed by atoms with Crippen molar-refractivity contribution in [1.29, 1.82) is 0 Å². The van der Waals surface area contributed by atoms with Gasteiger partial charge in [0.05, 0.1) is 10.5 Å². The molecule has 0 saturated heterocycles. The monoisotopic (exact) mass is 422 g/mol. The van der Waals surface area contributed by atoms with Crippen molar-refractivity contribution in [2.75, 3.05) is 0 Å². The topological polar surface area (TPSA) is 38.0 Å². The van der Waals surface area contributed by atoms with Crippen molar-refractivity contribution in [3.63, 3.8) is 0 Å². The summed E-state index contributed by atoms with van der Waals surface area (Å²) in [4.78, 5) is 0. The Morgan fingerprint density at radius 2 is 1.71 bits per heavy atom. The Balaban J connectivity index is 2.40. The Morgan fingerprint density at radius 3 is 2.38 bits per heavy atom. The van der Waals surface area contributed by atoms with E-state index >= 15 is 0 Å². The fourth-order valence-corrected chi connectivity index (χ4v) is 2.90. The van der Waals surface area contributed by atoms with Gasteiger partial charge in [-0.05, 0) is 58.2 Å². The first-order chi connectivity index (χ1) is 9.93. The van der Waals surface area contributed by atoms with Crippen LogP contribution < -0.4 is 11.3 Å². The molecule has 112 valence electrons. The van der Waals surface area contributed by atoms with Crippen LogP contribution in [0.4, 0.5) is 13.2 Å². The molecule has 1 atom stereocenters. The van der Waals surface area contributed by atoms with Gasteiger partial charge in [-0.15, -0.1) is 0 Å². The number of hydrazine groups is 1. The zero-order valence-corrected chi connectivity index (χ0v) is 13.8. The van der Waals surface area contributed by atoms with E-state index in [1.54, 1.807) is 0 Å². The second-order valence-electron chi connectivity index (χ2n) is 4.41. The number of halogens is 5. The van der Waals surface area contributed by atoms with E-state index in [4.69, 9.17) is 5.84 Å². The Hall–Kier alpha value is -0.890. The van der Waals surface area contributed by atoms with Gasteiger partial charge in [0.2, 0.25) is 0 Å². The largest absolute Gasteiger partial charge is 0.271 e. The van der Waals surface area contributed by atoms with Crippen molar-refractivity contribution in [3.8, 4) is 0 Å². The molecule has 2 aromatic carbocycles. The molecule has 0 bridgehead atoms. The van der Waals surface area contributed by atoms with E-state index in [9.17, 15) is 13.2 Å². The second-order valence-corrected chi connectivity index (χ2v) is 6.12. The van der Waals surface area contributed by atoms with Crippen LogP contribution >= 0.6 is 31.9 Å². The van der Waals surface area contributed by atoms with E-state index in [-0.39, 0.29) is 16.5 Å². The highest BCUT2D eigenvalue weighted by molar-refractivity contribution is 9.10. The molecule has 21 heavy (non-hydrogen) atoms. The standard InChI is InChI=1S/C14H11Br2F3N2/c15-10-2-1-7(17)5-8(10)13(21-20)6-9-12(18)4-3-11(16)14(9)19/h1-5,13,21H,6,20H2. The maximum atomic E-state index is 14.0. The maximum absolute atomic E-state index is 14.0. The quantitative estimate of drug-likeness (QED) is 0.435. The van der Waals surface area contributed by atoms with Gasteiger partial charge >= 0.3 is 0 Å². The van der Waals surface area contributed by atoms with Gasteiger partial charge in [0.1, 0.15) is 17.5 Å². The normalized spacial score (nSPS) is 12.5. The van der Waals surface area contributed by atoms with Crippen molar-refractivity contribution in [1.82, 2.24) is 5.43 Å². The molecule has 0 aromatic heterocycles. The van der Waals surface area contributed by atoms with E-state index < -0.39 is 23.5 Å². The Morgan fingerprint density at radius 1 is 1.05 bits per heavy atom. The minimum atomic E-state index is -0.692. The number of hydrogen-bond acceptors (Lipinski definition) is 2. The summed E-state index contributed by atoms with van der Waals surface area (Å²) in [5, 5.41) is 0. The lowest BCUT2D eigenvalue weighted by atomic mass is 9.98. The van der Waals surface area contributed by atoms with Crippen LogP contribution in [0.3, 0.4) is 0 Å². The zero-order chi connectivity index (χ0) is 15.6. The maximum Gasteiger partial charge on any atom is 0.143 e. The van der Waals surface area contributed by atoms with Gasteiger partial charge < -0.3 is 0 Å². The summed E-state index contributed by atoms with van der Waals surface area (Å²) in [7, 11) is 0. The molecule has 7 heteroatoms. The number of nitrogens with one attached hydrogen (secondary N) is 1. The molecule has 2 rings (SSSR count). The average molecular weight is 424 g/mol. The lowest BCUT2D eigenvalue weighted by molar-refractivity contribution is 0.494. The fourth-order valence-electron chi connectivity index (χ4n) is 2.00. The van der Waals surface area contributed by atoms with Crippen LogP contribution in [0.5, 0.6) is 0 Å². The predicted molar refractivity (Wildman–Crippen MR) is 81.9 cm³/mol. The Labute approximate surface area is 136 Å². The first-order valence-electron chi connectivity index (χ1n) is 5.97. The van der Waals surface area contributed by atoms with Gasteiger partial charge in [-0.25, -0.2) is 13.2 Å². The summed E-state index contributed by atoms with van der Waals surface area (Å²) in [6.07, 6.45) is -0.0599. The summed E-state index contributed by atoms with van der Waals surface area (Å²) in [6.45, 7) is 0. The lowest BCUT2D eigenvalue weighted by Crippen LogP contribution is -2.30. The smallest absolute Gasteiger partial charge is 0.143 e. The van der Waals surface area contributed by atoms with Gasteiger partial charge in [-0.1, -0.05) is 15.9 Å². The highest BCUT2D eigenvalue weighted by Crippen LogP contribution is 2.30. The predicted octanol–water partition coefficient (Wildman–Crippen LogP) is 4.38. The first kappa shape index (κ1) is 16.5. The highest BCUT2D eigenvalue weighted by atomic mass is 79.9. The van der Waals surface area contributed by atoms with Crippen LogP contribution in [-0.2, 0) is 6.42 Å². The molecule has 0 saturated carbocycles. The van der Waals surface area contributed by atoms with E-state index in [2.05, 4.69) is 37.3 Å². The second kappa shape index (κ2) is 6.91. The molecule has 0 fully saturated rings. The van der Waals surface area contributed by atoms with Crippen LogP contribution in [0.25, 0.3) is 0 Å². The van der Waals surface area contributed by atoms with Crippen LogP contribution in [0.2, 0.25) is 0 Å². The molecule has 0 heterocycles. The van der Waals surface area contributed by atoms with Crippen LogP contribution in [0.15, 0.2) is 39.3 Å². The molecule has 3 N–H and O–H groups in total. The molecule has 0 aliphatic heterocycles. The fraction of sp³-hybridized carbons (Fsp3) is 0.143. The molecule has 0 aliphatic rings. The summed E-state index contributed by atoms with van der Waals surface area (Å²) < 4.78 is 41.9. The Kier molecular flexibility index (Phi) is 5.43. The SMILES string of the molecule is NNC(Cc1c(F)ccc(Br)c1F)c1cc(F)ccc1Br. The van der Waals surface area contributed by atoms with Gasteiger partial charge in [0.15, 0.2) is 0 Å². The number of nitrogens with two attached hydrogens (primary N) is 1. The van der Waals surface area contributed by atoms with Crippen molar-refractivity contribution in [2.24, 2.45) is 5.84 Å². The molecule has 0 spiro atoms. The number of benzene rings is 2. The lowest BCUT2D eigenvalue weighted by Gasteiger charge is -2.19.